The fourth-order valence-corrected chi connectivity index (χ4v) is 2.00. The minimum atomic E-state index is -0.747. The number of nitrogens with one attached hydrogen (secondary N) is 1. The maximum absolute atomic E-state index is 11.5. The first-order valence-electron chi connectivity index (χ1n) is 5.45. The molecule has 2 heterocycles. The van der Waals surface area contributed by atoms with Crippen molar-refractivity contribution in [3.8, 4) is 0 Å². The van der Waals surface area contributed by atoms with Crippen molar-refractivity contribution in [1.82, 2.24) is 5.32 Å². The molecule has 5 heteroatoms. The zero-order valence-corrected chi connectivity index (χ0v) is 10.4. The summed E-state index contributed by atoms with van der Waals surface area (Å²) < 4.78 is 4.85. The van der Waals surface area contributed by atoms with Gasteiger partial charge in [0, 0.05) is 23.1 Å². The van der Waals surface area contributed by atoms with E-state index in [1.54, 1.807) is 23.5 Å². The second kappa shape index (κ2) is 6.18. The van der Waals surface area contributed by atoms with Crippen molar-refractivity contribution in [2.75, 3.05) is 6.54 Å². The number of hydrogen-bond donors (Lipinski definition) is 2. The van der Waals surface area contributed by atoms with E-state index in [1.807, 2.05) is 17.5 Å². The van der Waals surface area contributed by atoms with Crippen LogP contribution in [-0.2, 0) is 4.79 Å². The minimum absolute atomic E-state index is 0.160. The molecule has 1 atom stereocenters. The summed E-state index contributed by atoms with van der Waals surface area (Å²) in [6, 6.07) is 5.51. The lowest BCUT2D eigenvalue weighted by atomic mass is 10.2. The highest BCUT2D eigenvalue weighted by Crippen LogP contribution is 2.12. The summed E-state index contributed by atoms with van der Waals surface area (Å²) in [6.45, 7) is 0.160. The summed E-state index contributed by atoms with van der Waals surface area (Å²) in [4.78, 5) is 12.5. The third kappa shape index (κ3) is 3.58. The smallest absolute Gasteiger partial charge is 0.244 e. The predicted molar refractivity (Wildman–Crippen MR) is 70.0 cm³/mol. The molecule has 0 radical (unpaired) electrons. The van der Waals surface area contributed by atoms with E-state index in [9.17, 15) is 9.90 Å². The summed E-state index contributed by atoms with van der Waals surface area (Å²) in [5, 5.41) is 14.3. The highest BCUT2D eigenvalue weighted by atomic mass is 32.1. The number of carbonyl (C=O) groups is 1. The molecule has 2 rings (SSSR count). The normalized spacial score (nSPS) is 12.7. The van der Waals surface area contributed by atoms with Crippen LogP contribution in [0.15, 0.2) is 46.6 Å². The zero-order valence-electron chi connectivity index (χ0n) is 9.58. The molecule has 0 aliphatic carbocycles. The standard InChI is InChI=1S/C13H13NO3S/c15-12(10-5-6-17-9-10)8-14-13(16)4-3-11-2-1-7-18-11/h1-7,9,12,15H,8H2,(H,14,16). The van der Waals surface area contributed by atoms with E-state index in [0.717, 1.165) is 4.88 Å². The van der Waals surface area contributed by atoms with Crippen molar-refractivity contribution in [2.24, 2.45) is 0 Å². The van der Waals surface area contributed by atoms with Gasteiger partial charge in [-0.25, -0.2) is 0 Å². The van der Waals surface area contributed by atoms with E-state index in [-0.39, 0.29) is 12.5 Å². The number of carbonyl (C=O) groups excluding carboxylic acids is 1. The average Bonchev–Trinajstić information content (AvgIpc) is 3.05. The monoisotopic (exact) mass is 263 g/mol. The molecular formula is C13H13NO3S. The molecule has 1 unspecified atom stereocenters. The number of amides is 1. The molecule has 0 saturated carbocycles. The average molecular weight is 263 g/mol. The molecule has 0 saturated heterocycles. The third-order valence-corrected chi connectivity index (χ3v) is 3.18. The fourth-order valence-electron chi connectivity index (χ4n) is 1.38. The van der Waals surface area contributed by atoms with E-state index < -0.39 is 6.10 Å². The van der Waals surface area contributed by atoms with Crippen molar-refractivity contribution in [3.05, 3.63) is 52.6 Å². The van der Waals surface area contributed by atoms with Crippen LogP contribution in [0.25, 0.3) is 6.08 Å². The Morgan fingerprint density at radius 3 is 3.11 bits per heavy atom. The Labute approximate surface area is 109 Å². The lowest BCUT2D eigenvalue weighted by Crippen LogP contribution is -2.26. The maximum Gasteiger partial charge on any atom is 0.244 e. The van der Waals surface area contributed by atoms with Gasteiger partial charge in [-0.2, -0.15) is 0 Å². The van der Waals surface area contributed by atoms with Gasteiger partial charge in [-0.15, -0.1) is 11.3 Å². The predicted octanol–water partition coefficient (Wildman–Crippen LogP) is 2.20. The third-order valence-electron chi connectivity index (χ3n) is 2.34. The Morgan fingerprint density at radius 2 is 2.44 bits per heavy atom. The molecule has 18 heavy (non-hydrogen) atoms. The second-order valence-corrected chi connectivity index (χ2v) is 4.65. The van der Waals surface area contributed by atoms with Gasteiger partial charge < -0.3 is 14.8 Å². The second-order valence-electron chi connectivity index (χ2n) is 3.67. The van der Waals surface area contributed by atoms with Crippen LogP contribution in [0, 0.1) is 0 Å². The topological polar surface area (TPSA) is 62.5 Å². The van der Waals surface area contributed by atoms with Gasteiger partial charge >= 0.3 is 0 Å². The molecule has 2 aromatic rings. The maximum atomic E-state index is 11.5. The molecule has 0 aliphatic heterocycles. The first-order chi connectivity index (χ1) is 8.75. The van der Waals surface area contributed by atoms with E-state index in [2.05, 4.69) is 5.32 Å². The Balaban J connectivity index is 1.78. The Morgan fingerprint density at radius 1 is 1.56 bits per heavy atom. The molecule has 0 aliphatic rings. The van der Waals surface area contributed by atoms with Crippen LogP contribution in [0.5, 0.6) is 0 Å². The fraction of sp³-hybridized carbons (Fsp3) is 0.154. The lowest BCUT2D eigenvalue weighted by molar-refractivity contribution is -0.116. The summed E-state index contributed by atoms with van der Waals surface area (Å²) in [6.07, 6.45) is 5.39. The van der Waals surface area contributed by atoms with Gasteiger partial charge in [0.2, 0.25) is 5.91 Å². The quantitative estimate of drug-likeness (QED) is 0.813. The van der Waals surface area contributed by atoms with Gasteiger partial charge in [0.15, 0.2) is 0 Å². The number of aliphatic hydroxyl groups is 1. The number of furan rings is 1. The molecule has 0 spiro atoms. The van der Waals surface area contributed by atoms with E-state index in [0.29, 0.717) is 5.56 Å². The van der Waals surface area contributed by atoms with Crippen molar-refractivity contribution in [3.63, 3.8) is 0 Å². The van der Waals surface area contributed by atoms with Gasteiger partial charge in [-0.05, 0) is 23.6 Å². The Kier molecular flexibility index (Phi) is 4.33. The summed E-state index contributed by atoms with van der Waals surface area (Å²) in [5.74, 6) is -0.231. The first kappa shape index (κ1) is 12.6. The lowest BCUT2D eigenvalue weighted by Gasteiger charge is -2.08. The number of hydrogen-bond acceptors (Lipinski definition) is 4. The van der Waals surface area contributed by atoms with Gasteiger partial charge in [-0.3, -0.25) is 4.79 Å². The van der Waals surface area contributed by atoms with Crippen LogP contribution in [0.2, 0.25) is 0 Å². The van der Waals surface area contributed by atoms with E-state index in [1.165, 1.54) is 18.6 Å². The number of thiophene rings is 1. The molecule has 0 bridgehead atoms. The van der Waals surface area contributed by atoms with Crippen molar-refractivity contribution in [1.29, 1.82) is 0 Å². The summed E-state index contributed by atoms with van der Waals surface area (Å²) >= 11 is 1.56. The van der Waals surface area contributed by atoms with Crippen molar-refractivity contribution in [2.45, 2.75) is 6.10 Å². The molecule has 0 fully saturated rings. The Bertz CT molecular complexity index is 502. The molecule has 2 N–H and O–H groups in total. The van der Waals surface area contributed by atoms with Crippen molar-refractivity contribution >= 4 is 23.3 Å². The molecule has 1 amide bonds. The minimum Gasteiger partial charge on any atom is -0.472 e. The number of rotatable bonds is 5. The molecule has 94 valence electrons. The molecule has 4 nitrogen and oxygen atoms in total. The van der Waals surface area contributed by atoms with Crippen LogP contribution in [-0.4, -0.2) is 17.6 Å². The number of aliphatic hydroxyl groups excluding tert-OH is 1. The summed E-state index contributed by atoms with van der Waals surface area (Å²) in [7, 11) is 0. The highest BCUT2D eigenvalue weighted by molar-refractivity contribution is 7.10. The van der Waals surface area contributed by atoms with Crippen LogP contribution in [0.4, 0.5) is 0 Å². The molecule has 2 aromatic heterocycles. The zero-order chi connectivity index (χ0) is 12.8. The Hall–Kier alpha value is -1.85. The van der Waals surface area contributed by atoms with Crippen LogP contribution >= 0.6 is 11.3 Å². The van der Waals surface area contributed by atoms with Crippen LogP contribution in [0.1, 0.15) is 16.5 Å². The van der Waals surface area contributed by atoms with E-state index in [4.69, 9.17) is 4.42 Å². The SMILES string of the molecule is O=C(C=Cc1cccs1)NCC(O)c1ccoc1. The van der Waals surface area contributed by atoms with Gasteiger partial charge in [0.05, 0.1) is 18.6 Å². The molecular weight excluding hydrogens is 250 g/mol. The van der Waals surface area contributed by atoms with Crippen LogP contribution < -0.4 is 5.32 Å². The highest BCUT2D eigenvalue weighted by Gasteiger charge is 2.09. The summed E-state index contributed by atoms with van der Waals surface area (Å²) in [5.41, 5.74) is 0.650. The first-order valence-corrected chi connectivity index (χ1v) is 6.33. The molecule has 0 aromatic carbocycles. The van der Waals surface area contributed by atoms with Crippen molar-refractivity contribution < 1.29 is 14.3 Å². The van der Waals surface area contributed by atoms with Gasteiger partial charge in [0.25, 0.3) is 0 Å². The van der Waals surface area contributed by atoms with E-state index >= 15 is 0 Å². The van der Waals surface area contributed by atoms with Gasteiger partial charge in [0.1, 0.15) is 0 Å². The van der Waals surface area contributed by atoms with Crippen LogP contribution in [0.3, 0.4) is 0 Å². The largest absolute Gasteiger partial charge is 0.472 e. The van der Waals surface area contributed by atoms with Gasteiger partial charge in [-0.1, -0.05) is 6.07 Å².